The Labute approximate surface area is 121 Å². The quantitative estimate of drug-likeness (QED) is 0.365. The second-order valence-electron chi connectivity index (χ2n) is 4.99. The van der Waals surface area contributed by atoms with Crippen LogP contribution in [-0.4, -0.2) is 53.5 Å². The fourth-order valence-electron chi connectivity index (χ4n) is 2.65. The van der Waals surface area contributed by atoms with Gasteiger partial charge >= 0.3 is 16.1 Å². The van der Waals surface area contributed by atoms with Crippen LogP contribution in [-0.2, 0) is 14.9 Å². The van der Waals surface area contributed by atoms with Crippen molar-refractivity contribution in [2.24, 2.45) is 0 Å². The molecule has 0 aromatic rings. The predicted octanol–water partition coefficient (Wildman–Crippen LogP) is 1.89. The third-order valence-corrected chi connectivity index (χ3v) is 5.25. The standard InChI is InChI=1S/C13H25NO5S/c1-5-10-14(6-2,7-3)12(20(17,18)19)9-8-11(4)13(15)16/h12H,4-10H2,1-3H3,(H-,15,16,17,18,19)/p+1. The zero-order valence-corrected chi connectivity index (χ0v) is 13.3. The zero-order chi connectivity index (χ0) is 16.0. The van der Waals surface area contributed by atoms with Crippen LogP contribution in [0.5, 0.6) is 0 Å². The maximum Gasteiger partial charge on any atom is 0.330 e. The van der Waals surface area contributed by atoms with E-state index in [2.05, 4.69) is 6.58 Å². The predicted molar refractivity (Wildman–Crippen MR) is 77.8 cm³/mol. The van der Waals surface area contributed by atoms with Crippen molar-refractivity contribution < 1.29 is 27.4 Å². The summed E-state index contributed by atoms with van der Waals surface area (Å²) in [6.07, 6.45) is 0.892. The molecule has 0 fully saturated rings. The van der Waals surface area contributed by atoms with Gasteiger partial charge in [0, 0.05) is 12.0 Å². The van der Waals surface area contributed by atoms with Crippen LogP contribution in [0.15, 0.2) is 12.2 Å². The summed E-state index contributed by atoms with van der Waals surface area (Å²) in [4.78, 5) is 10.8. The lowest BCUT2D eigenvalue weighted by Gasteiger charge is -2.41. The van der Waals surface area contributed by atoms with E-state index in [0.29, 0.717) is 19.6 Å². The summed E-state index contributed by atoms with van der Waals surface area (Å²) >= 11 is 0. The van der Waals surface area contributed by atoms with Crippen molar-refractivity contribution in [1.29, 1.82) is 0 Å². The molecular weight excluding hydrogens is 282 g/mol. The summed E-state index contributed by atoms with van der Waals surface area (Å²) in [5.41, 5.74) is -0.0412. The summed E-state index contributed by atoms with van der Waals surface area (Å²) in [5.74, 6) is -1.14. The maximum atomic E-state index is 11.7. The summed E-state index contributed by atoms with van der Waals surface area (Å²) in [7, 11) is -4.25. The van der Waals surface area contributed by atoms with E-state index in [-0.39, 0.29) is 22.9 Å². The second-order valence-corrected chi connectivity index (χ2v) is 6.57. The first-order valence-corrected chi connectivity index (χ1v) is 8.38. The largest absolute Gasteiger partial charge is 0.478 e. The normalized spacial score (nSPS) is 14.0. The molecule has 0 heterocycles. The van der Waals surface area contributed by atoms with E-state index in [1.54, 1.807) is 0 Å². The number of carboxylic acid groups (broad SMARTS) is 1. The van der Waals surface area contributed by atoms with Crippen molar-refractivity contribution in [3.05, 3.63) is 12.2 Å². The number of nitrogens with zero attached hydrogens (tertiary/aromatic N) is 1. The summed E-state index contributed by atoms with van der Waals surface area (Å²) < 4.78 is 33.2. The highest BCUT2D eigenvalue weighted by atomic mass is 32.2. The molecular formula is C13H26NO5S+. The molecule has 6 nitrogen and oxygen atoms in total. The molecule has 0 aromatic carbocycles. The lowest BCUT2D eigenvalue weighted by molar-refractivity contribution is -0.935. The smallest absolute Gasteiger partial charge is 0.330 e. The monoisotopic (exact) mass is 308 g/mol. The molecule has 0 amide bonds. The van der Waals surface area contributed by atoms with Gasteiger partial charge in [-0.15, -0.1) is 0 Å². The Morgan fingerprint density at radius 1 is 1.25 bits per heavy atom. The van der Waals surface area contributed by atoms with Gasteiger partial charge in [-0.25, -0.2) is 4.79 Å². The highest BCUT2D eigenvalue weighted by molar-refractivity contribution is 7.86. The second kappa shape index (κ2) is 7.75. The molecule has 118 valence electrons. The molecule has 0 spiro atoms. The fourth-order valence-corrected chi connectivity index (χ4v) is 4.03. The van der Waals surface area contributed by atoms with Crippen molar-refractivity contribution in [1.82, 2.24) is 0 Å². The molecule has 0 rings (SSSR count). The van der Waals surface area contributed by atoms with Crippen molar-refractivity contribution in [2.45, 2.75) is 45.4 Å². The summed E-state index contributed by atoms with van der Waals surface area (Å²) in [6.45, 7) is 10.9. The van der Waals surface area contributed by atoms with E-state index in [4.69, 9.17) is 5.11 Å². The van der Waals surface area contributed by atoms with Crippen LogP contribution in [0.4, 0.5) is 0 Å². The van der Waals surface area contributed by atoms with Gasteiger partial charge in [0.25, 0.3) is 0 Å². The lowest BCUT2D eigenvalue weighted by atomic mass is 10.1. The van der Waals surface area contributed by atoms with Gasteiger partial charge in [-0.3, -0.25) is 4.55 Å². The number of aliphatic carboxylic acids is 1. The van der Waals surface area contributed by atoms with Crippen LogP contribution in [0.25, 0.3) is 0 Å². The van der Waals surface area contributed by atoms with Crippen LogP contribution in [0.1, 0.15) is 40.0 Å². The molecule has 7 heteroatoms. The number of rotatable bonds is 10. The number of hydrogen-bond acceptors (Lipinski definition) is 3. The Morgan fingerprint density at radius 2 is 1.75 bits per heavy atom. The third kappa shape index (κ3) is 4.88. The van der Waals surface area contributed by atoms with Crippen molar-refractivity contribution in [2.75, 3.05) is 19.6 Å². The van der Waals surface area contributed by atoms with Gasteiger partial charge in [-0.05, 0) is 26.7 Å². The van der Waals surface area contributed by atoms with Gasteiger partial charge in [0.1, 0.15) is 0 Å². The zero-order valence-electron chi connectivity index (χ0n) is 12.5. The van der Waals surface area contributed by atoms with Gasteiger partial charge in [0.15, 0.2) is 0 Å². The molecule has 0 radical (unpaired) electrons. The maximum absolute atomic E-state index is 11.7. The minimum absolute atomic E-state index is 0.0412. The van der Waals surface area contributed by atoms with Gasteiger partial charge in [0.05, 0.1) is 19.6 Å². The third-order valence-electron chi connectivity index (χ3n) is 3.88. The van der Waals surface area contributed by atoms with Crippen molar-refractivity contribution >= 4 is 16.1 Å². The average Bonchev–Trinajstić information content (AvgIpc) is 2.35. The van der Waals surface area contributed by atoms with E-state index in [9.17, 15) is 17.8 Å². The van der Waals surface area contributed by atoms with Crippen LogP contribution in [0.2, 0.25) is 0 Å². The molecule has 1 atom stereocenters. The molecule has 0 bridgehead atoms. The molecule has 1 unspecified atom stereocenters. The molecule has 0 aliphatic rings. The Bertz CT molecular complexity index is 440. The molecule has 0 aliphatic heterocycles. The SMILES string of the molecule is C=C(CCC([N+](CC)(CC)CCC)S(=O)(=O)O)C(=O)O. The van der Waals surface area contributed by atoms with E-state index in [1.165, 1.54) is 0 Å². The first-order valence-electron chi connectivity index (χ1n) is 6.87. The highest BCUT2D eigenvalue weighted by Crippen LogP contribution is 2.24. The summed E-state index contributed by atoms with van der Waals surface area (Å²) in [5, 5.41) is 7.80. The van der Waals surface area contributed by atoms with Crippen molar-refractivity contribution in [3.63, 3.8) is 0 Å². The number of quaternary nitrogens is 1. The summed E-state index contributed by atoms with van der Waals surface area (Å²) in [6, 6.07) is 0. The van der Waals surface area contributed by atoms with E-state index >= 15 is 0 Å². The number of hydrogen-bond donors (Lipinski definition) is 2. The molecule has 0 aliphatic carbocycles. The fraction of sp³-hybridized carbons (Fsp3) is 0.769. The minimum Gasteiger partial charge on any atom is -0.478 e. The van der Waals surface area contributed by atoms with E-state index in [0.717, 1.165) is 6.42 Å². The van der Waals surface area contributed by atoms with Crippen LogP contribution < -0.4 is 0 Å². The first kappa shape index (κ1) is 19.1. The highest BCUT2D eigenvalue weighted by Gasteiger charge is 2.42. The Balaban J connectivity index is 5.34. The topological polar surface area (TPSA) is 91.7 Å². The number of carboxylic acids is 1. The molecule has 20 heavy (non-hydrogen) atoms. The molecule has 2 N–H and O–H groups in total. The lowest BCUT2D eigenvalue weighted by Crippen LogP contribution is -2.58. The van der Waals surface area contributed by atoms with Gasteiger partial charge in [-0.2, -0.15) is 8.42 Å². The molecule has 0 saturated heterocycles. The first-order chi connectivity index (χ1) is 9.14. The number of carbonyl (C=O) groups is 1. The van der Waals surface area contributed by atoms with E-state index < -0.39 is 21.5 Å². The average molecular weight is 308 g/mol. The van der Waals surface area contributed by atoms with Crippen LogP contribution >= 0.6 is 0 Å². The minimum atomic E-state index is -4.25. The Kier molecular flexibility index (Phi) is 7.40. The van der Waals surface area contributed by atoms with Crippen molar-refractivity contribution in [3.8, 4) is 0 Å². The van der Waals surface area contributed by atoms with E-state index in [1.807, 2.05) is 20.8 Å². The molecule has 0 aromatic heterocycles. The Morgan fingerprint density at radius 3 is 2.05 bits per heavy atom. The Hall–Kier alpha value is -0.920. The molecule has 0 saturated carbocycles. The van der Waals surface area contributed by atoms with Crippen LogP contribution in [0.3, 0.4) is 0 Å². The van der Waals surface area contributed by atoms with Gasteiger partial charge < -0.3 is 9.59 Å². The van der Waals surface area contributed by atoms with Gasteiger partial charge in [-0.1, -0.05) is 13.5 Å². The van der Waals surface area contributed by atoms with Gasteiger partial charge in [0.2, 0.25) is 5.37 Å². The van der Waals surface area contributed by atoms with Crippen LogP contribution in [0, 0.1) is 0 Å².